The van der Waals surface area contributed by atoms with E-state index in [0.717, 1.165) is 22.0 Å². The van der Waals surface area contributed by atoms with E-state index >= 15 is 0 Å². The van der Waals surface area contributed by atoms with Gasteiger partial charge in [-0.2, -0.15) is 0 Å². The maximum absolute atomic E-state index is 12.8. The molecule has 20 heavy (non-hydrogen) atoms. The Hall–Kier alpha value is -2.62. The van der Waals surface area contributed by atoms with E-state index < -0.39 is 0 Å². The molecule has 0 aliphatic rings. The van der Waals surface area contributed by atoms with Gasteiger partial charge in [0, 0.05) is 29.7 Å². The van der Waals surface area contributed by atoms with Gasteiger partial charge in [-0.3, -0.25) is 4.98 Å². The molecule has 0 aliphatic heterocycles. The number of nitrogen functional groups attached to an aromatic ring is 1. The molecular weight excluding hydrogens is 253 g/mol. The van der Waals surface area contributed by atoms with Crippen LogP contribution in [0, 0.1) is 5.82 Å². The number of nitrogens with two attached hydrogens (primary N) is 1. The number of hydrogen-bond acceptors (Lipinski definition) is 3. The van der Waals surface area contributed by atoms with Gasteiger partial charge in [-0.15, -0.1) is 0 Å². The molecule has 0 saturated carbocycles. The summed E-state index contributed by atoms with van der Waals surface area (Å²) >= 11 is 0. The molecule has 4 heteroatoms. The molecule has 3 aromatic rings. The second-order valence-corrected chi connectivity index (χ2v) is 4.60. The number of hydrogen-bond donors (Lipinski definition) is 2. The van der Waals surface area contributed by atoms with Crippen molar-refractivity contribution in [1.82, 2.24) is 4.98 Å². The lowest BCUT2D eigenvalue weighted by molar-refractivity contribution is 0.627. The minimum absolute atomic E-state index is 0.230. The largest absolute Gasteiger partial charge is 0.397 e. The van der Waals surface area contributed by atoms with E-state index in [4.69, 9.17) is 5.73 Å². The van der Waals surface area contributed by atoms with E-state index in [0.29, 0.717) is 12.2 Å². The third-order valence-corrected chi connectivity index (χ3v) is 3.26. The summed E-state index contributed by atoms with van der Waals surface area (Å²) in [5.74, 6) is -0.230. The van der Waals surface area contributed by atoms with Crippen LogP contribution in [0.1, 0.15) is 5.56 Å². The Morgan fingerprint density at radius 3 is 2.65 bits per heavy atom. The van der Waals surface area contributed by atoms with E-state index in [1.807, 2.05) is 18.2 Å². The van der Waals surface area contributed by atoms with Crippen LogP contribution in [0.5, 0.6) is 0 Å². The maximum atomic E-state index is 12.8. The Labute approximate surface area is 116 Å². The Morgan fingerprint density at radius 2 is 1.85 bits per heavy atom. The Bertz CT molecular complexity index is 738. The Balaban J connectivity index is 1.84. The number of rotatable bonds is 3. The zero-order valence-electron chi connectivity index (χ0n) is 10.8. The Kier molecular flexibility index (Phi) is 3.21. The molecule has 100 valence electrons. The van der Waals surface area contributed by atoms with Crippen LogP contribution in [0.4, 0.5) is 15.8 Å². The number of nitrogens with zero attached hydrogens (tertiary/aromatic N) is 1. The van der Waals surface area contributed by atoms with Gasteiger partial charge in [0.15, 0.2) is 0 Å². The van der Waals surface area contributed by atoms with E-state index in [-0.39, 0.29) is 5.82 Å². The highest BCUT2D eigenvalue weighted by molar-refractivity contribution is 5.98. The van der Waals surface area contributed by atoms with Gasteiger partial charge in [-0.1, -0.05) is 18.2 Å². The lowest BCUT2D eigenvalue weighted by Gasteiger charge is -2.11. The van der Waals surface area contributed by atoms with Gasteiger partial charge >= 0.3 is 0 Å². The number of benzene rings is 2. The molecule has 3 N–H and O–H groups in total. The van der Waals surface area contributed by atoms with E-state index in [1.54, 1.807) is 24.5 Å². The van der Waals surface area contributed by atoms with Crippen LogP contribution in [0.15, 0.2) is 54.9 Å². The van der Waals surface area contributed by atoms with Gasteiger partial charge in [0.25, 0.3) is 0 Å². The van der Waals surface area contributed by atoms with Crippen molar-refractivity contribution in [2.24, 2.45) is 0 Å². The average Bonchev–Trinajstić information content (AvgIpc) is 2.49. The molecule has 0 spiro atoms. The summed E-state index contributed by atoms with van der Waals surface area (Å²) in [7, 11) is 0. The Morgan fingerprint density at radius 1 is 1.05 bits per heavy atom. The number of pyridine rings is 1. The van der Waals surface area contributed by atoms with Crippen molar-refractivity contribution in [3.63, 3.8) is 0 Å². The van der Waals surface area contributed by atoms with Crippen LogP contribution in [0.25, 0.3) is 10.8 Å². The molecule has 0 unspecified atom stereocenters. The van der Waals surface area contributed by atoms with Crippen LogP contribution in [0.3, 0.4) is 0 Å². The lowest BCUT2D eigenvalue weighted by Crippen LogP contribution is -2.03. The summed E-state index contributed by atoms with van der Waals surface area (Å²) in [6, 6.07) is 12.2. The van der Waals surface area contributed by atoms with Gasteiger partial charge in [0.05, 0.1) is 11.4 Å². The fourth-order valence-electron chi connectivity index (χ4n) is 2.15. The van der Waals surface area contributed by atoms with Crippen molar-refractivity contribution in [3.8, 4) is 0 Å². The molecule has 0 bridgehead atoms. The monoisotopic (exact) mass is 267 g/mol. The van der Waals surface area contributed by atoms with Gasteiger partial charge in [0.1, 0.15) is 5.82 Å². The third kappa shape index (κ3) is 2.40. The molecule has 3 rings (SSSR count). The van der Waals surface area contributed by atoms with Crippen LogP contribution in [-0.2, 0) is 6.54 Å². The topological polar surface area (TPSA) is 50.9 Å². The van der Waals surface area contributed by atoms with E-state index in [9.17, 15) is 4.39 Å². The van der Waals surface area contributed by atoms with E-state index in [1.165, 1.54) is 12.1 Å². The van der Waals surface area contributed by atoms with Crippen molar-refractivity contribution in [1.29, 1.82) is 0 Å². The summed E-state index contributed by atoms with van der Waals surface area (Å²) in [4.78, 5) is 4.07. The zero-order chi connectivity index (χ0) is 13.9. The van der Waals surface area contributed by atoms with Crippen molar-refractivity contribution >= 4 is 22.1 Å². The molecule has 0 fully saturated rings. The first-order chi connectivity index (χ1) is 9.74. The SMILES string of the molecule is Nc1c(NCc2ccc(F)cc2)ccc2cnccc12. The number of halogens is 1. The fraction of sp³-hybridized carbons (Fsp3) is 0.0625. The summed E-state index contributed by atoms with van der Waals surface area (Å²) in [5.41, 5.74) is 8.73. The molecule has 0 radical (unpaired) electrons. The molecule has 2 aromatic carbocycles. The van der Waals surface area contributed by atoms with Gasteiger partial charge in [-0.05, 0) is 29.8 Å². The van der Waals surface area contributed by atoms with Crippen LogP contribution < -0.4 is 11.1 Å². The maximum Gasteiger partial charge on any atom is 0.123 e. The van der Waals surface area contributed by atoms with Crippen molar-refractivity contribution < 1.29 is 4.39 Å². The lowest BCUT2D eigenvalue weighted by atomic mass is 10.1. The highest BCUT2D eigenvalue weighted by atomic mass is 19.1. The van der Waals surface area contributed by atoms with Crippen LogP contribution in [-0.4, -0.2) is 4.98 Å². The number of aromatic nitrogens is 1. The molecule has 1 aromatic heterocycles. The van der Waals surface area contributed by atoms with Crippen molar-refractivity contribution in [3.05, 3.63) is 66.2 Å². The summed E-state index contributed by atoms with van der Waals surface area (Å²) in [5, 5.41) is 5.26. The predicted octanol–water partition coefficient (Wildman–Crippen LogP) is 3.57. The number of nitrogens with one attached hydrogen (secondary N) is 1. The molecule has 1 heterocycles. The molecular formula is C16H14FN3. The summed E-state index contributed by atoms with van der Waals surface area (Å²) in [6.45, 7) is 0.598. The quantitative estimate of drug-likeness (QED) is 0.713. The van der Waals surface area contributed by atoms with Crippen LogP contribution >= 0.6 is 0 Å². The third-order valence-electron chi connectivity index (χ3n) is 3.26. The van der Waals surface area contributed by atoms with Gasteiger partial charge < -0.3 is 11.1 Å². The van der Waals surface area contributed by atoms with Crippen molar-refractivity contribution in [2.45, 2.75) is 6.54 Å². The first-order valence-corrected chi connectivity index (χ1v) is 6.34. The first kappa shape index (κ1) is 12.4. The van der Waals surface area contributed by atoms with E-state index in [2.05, 4.69) is 10.3 Å². The summed E-state index contributed by atoms with van der Waals surface area (Å²) in [6.07, 6.45) is 3.51. The van der Waals surface area contributed by atoms with Gasteiger partial charge in [0.2, 0.25) is 0 Å². The smallest absolute Gasteiger partial charge is 0.123 e. The number of anilines is 2. The average molecular weight is 267 g/mol. The first-order valence-electron chi connectivity index (χ1n) is 6.34. The molecule has 0 amide bonds. The standard InChI is InChI=1S/C16H14FN3/c17-13-4-1-11(2-5-13)9-20-15-6-3-12-10-19-8-7-14(12)16(15)18/h1-8,10,20H,9,18H2. The van der Waals surface area contributed by atoms with Gasteiger partial charge in [-0.25, -0.2) is 4.39 Å². The van der Waals surface area contributed by atoms with Crippen LogP contribution in [0.2, 0.25) is 0 Å². The predicted molar refractivity (Wildman–Crippen MR) is 79.9 cm³/mol. The fourth-order valence-corrected chi connectivity index (χ4v) is 2.15. The molecule has 3 nitrogen and oxygen atoms in total. The molecule has 0 saturated heterocycles. The zero-order valence-corrected chi connectivity index (χ0v) is 10.8. The highest BCUT2D eigenvalue weighted by Crippen LogP contribution is 2.28. The second kappa shape index (κ2) is 5.17. The normalized spacial score (nSPS) is 10.7. The minimum Gasteiger partial charge on any atom is -0.397 e. The minimum atomic E-state index is -0.230. The molecule has 0 aliphatic carbocycles. The van der Waals surface area contributed by atoms with Crippen molar-refractivity contribution in [2.75, 3.05) is 11.1 Å². The second-order valence-electron chi connectivity index (χ2n) is 4.60. The highest BCUT2D eigenvalue weighted by Gasteiger charge is 2.04. The number of fused-ring (bicyclic) bond motifs is 1. The summed E-state index contributed by atoms with van der Waals surface area (Å²) < 4.78 is 12.8. The molecule has 0 atom stereocenters.